The number of hydrogen-bond donors (Lipinski definition) is 1. The van der Waals surface area contributed by atoms with Crippen molar-refractivity contribution in [2.24, 2.45) is 0 Å². The van der Waals surface area contributed by atoms with Crippen LogP contribution in [0.5, 0.6) is 0 Å². The van der Waals surface area contributed by atoms with E-state index in [9.17, 15) is 13.5 Å². The van der Waals surface area contributed by atoms with Crippen molar-refractivity contribution in [3.05, 3.63) is 29.8 Å². The maximum atomic E-state index is 12.6. The van der Waals surface area contributed by atoms with Crippen LogP contribution in [-0.2, 0) is 16.6 Å². The maximum absolute atomic E-state index is 12.6. The highest BCUT2D eigenvalue weighted by Gasteiger charge is 2.25. The van der Waals surface area contributed by atoms with E-state index in [1.54, 1.807) is 16.4 Å². The Morgan fingerprint density at radius 1 is 0.957 bits per heavy atom. The molecule has 6 heteroatoms. The fourth-order valence-electron chi connectivity index (χ4n) is 3.36. The molecule has 3 rings (SSSR count). The third kappa shape index (κ3) is 4.12. The Morgan fingerprint density at radius 2 is 1.57 bits per heavy atom. The van der Waals surface area contributed by atoms with Crippen molar-refractivity contribution in [3.63, 3.8) is 0 Å². The Labute approximate surface area is 139 Å². The zero-order valence-electron chi connectivity index (χ0n) is 13.5. The van der Waals surface area contributed by atoms with Gasteiger partial charge in [-0.2, -0.15) is 4.31 Å². The Kier molecular flexibility index (Phi) is 5.36. The fourth-order valence-corrected chi connectivity index (χ4v) is 4.87. The van der Waals surface area contributed by atoms with Crippen molar-refractivity contribution < 1.29 is 13.5 Å². The summed E-state index contributed by atoms with van der Waals surface area (Å²) in [7, 11) is -3.33. The summed E-state index contributed by atoms with van der Waals surface area (Å²) in [6, 6.07) is 7.31. The smallest absolute Gasteiger partial charge is 0.243 e. The molecule has 0 radical (unpaired) electrons. The molecule has 0 spiro atoms. The molecule has 0 saturated carbocycles. The number of aliphatic hydroxyl groups excluding tert-OH is 1. The van der Waals surface area contributed by atoms with Crippen molar-refractivity contribution in [2.75, 3.05) is 26.2 Å². The zero-order valence-corrected chi connectivity index (χ0v) is 14.3. The summed E-state index contributed by atoms with van der Waals surface area (Å²) in [4.78, 5) is 2.71. The molecule has 2 fully saturated rings. The Balaban J connectivity index is 1.64. The highest BCUT2D eigenvalue weighted by molar-refractivity contribution is 7.89. The maximum Gasteiger partial charge on any atom is 0.243 e. The number of likely N-dealkylation sites (tertiary alicyclic amines) is 1. The summed E-state index contributed by atoms with van der Waals surface area (Å²) in [5, 5.41) is 9.54. The molecule has 1 N–H and O–H groups in total. The van der Waals surface area contributed by atoms with Crippen molar-refractivity contribution in [3.8, 4) is 0 Å². The molecule has 2 aliphatic heterocycles. The molecule has 0 aromatic heterocycles. The summed E-state index contributed by atoms with van der Waals surface area (Å²) >= 11 is 0. The lowest BCUT2D eigenvalue weighted by Gasteiger charge is -2.29. The minimum absolute atomic E-state index is 0.164. The Bertz CT molecular complexity index is 601. The largest absolute Gasteiger partial charge is 0.393 e. The van der Waals surface area contributed by atoms with Crippen LogP contribution in [-0.4, -0.2) is 55.0 Å². The van der Waals surface area contributed by atoms with Gasteiger partial charge in [-0.15, -0.1) is 0 Å². The Morgan fingerprint density at radius 3 is 2.17 bits per heavy atom. The molecule has 2 aliphatic rings. The molecular formula is C17H26N2O3S. The topological polar surface area (TPSA) is 60.9 Å². The van der Waals surface area contributed by atoms with Crippen LogP contribution < -0.4 is 0 Å². The summed E-state index contributed by atoms with van der Waals surface area (Å²) in [6.07, 6.45) is 4.51. The molecule has 0 aliphatic carbocycles. The lowest BCUT2D eigenvalue weighted by molar-refractivity contribution is 0.0792. The van der Waals surface area contributed by atoms with E-state index in [-0.39, 0.29) is 6.10 Å². The summed E-state index contributed by atoms with van der Waals surface area (Å²) in [5.74, 6) is 0. The third-order valence-electron chi connectivity index (χ3n) is 4.84. The lowest BCUT2D eigenvalue weighted by Crippen LogP contribution is -2.36. The first-order chi connectivity index (χ1) is 11.1. The summed E-state index contributed by atoms with van der Waals surface area (Å²) < 4.78 is 26.8. The fraction of sp³-hybridized carbons (Fsp3) is 0.647. The SMILES string of the molecule is O=S(=O)(c1ccc(CN2CCC(O)CC2)cc1)N1CCCCC1. The first kappa shape index (κ1) is 16.9. The van der Waals surface area contributed by atoms with E-state index in [0.29, 0.717) is 18.0 Å². The van der Waals surface area contributed by atoms with E-state index >= 15 is 0 Å². The van der Waals surface area contributed by atoms with Gasteiger partial charge in [0, 0.05) is 32.7 Å². The molecule has 0 unspecified atom stereocenters. The molecule has 0 amide bonds. The number of rotatable bonds is 4. The molecule has 5 nitrogen and oxygen atoms in total. The predicted octanol–water partition coefficient (Wildman–Crippen LogP) is 1.82. The van der Waals surface area contributed by atoms with Gasteiger partial charge >= 0.3 is 0 Å². The summed E-state index contributed by atoms with van der Waals surface area (Å²) in [5.41, 5.74) is 1.12. The van der Waals surface area contributed by atoms with Gasteiger partial charge in [0.15, 0.2) is 0 Å². The highest BCUT2D eigenvalue weighted by atomic mass is 32.2. The second-order valence-electron chi connectivity index (χ2n) is 6.62. The van der Waals surface area contributed by atoms with Gasteiger partial charge in [0.2, 0.25) is 10.0 Å². The van der Waals surface area contributed by atoms with Gasteiger partial charge in [0.05, 0.1) is 11.0 Å². The van der Waals surface area contributed by atoms with Gasteiger partial charge in [-0.1, -0.05) is 18.6 Å². The monoisotopic (exact) mass is 338 g/mol. The van der Waals surface area contributed by atoms with E-state index in [1.807, 2.05) is 12.1 Å². The number of benzene rings is 1. The molecule has 2 saturated heterocycles. The number of nitrogens with zero attached hydrogens (tertiary/aromatic N) is 2. The highest BCUT2D eigenvalue weighted by Crippen LogP contribution is 2.21. The number of aliphatic hydroxyl groups is 1. The van der Waals surface area contributed by atoms with Gasteiger partial charge in [0.25, 0.3) is 0 Å². The van der Waals surface area contributed by atoms with E-state index in [0.717, 1.165) is 57.3 Å². The van der Waals surface area contributed by atoms with Gasteiger partial charge < -0.3 is 5.11 Å². The van der Waals surface area contributed by atoms with Crippen LogP contribution in [0, 0.1) is 0 Å². The van der Waals surface area contributed by atoms with Crippen LogP contribution in [0.4, 0.5) is 0 Å². The zero-order chi connectivity index (χ0) is 16.3. The van der Waals surface area contributed by atoms with Crippen LogP contribution in [0.3, 0.4) is 0 Å². The molecule has 0 bridgehead atoms. The molecule has 23 heavy (non-hydrogen) atoms. The molecule has 1 aromatic rings. The minimum atomic E-state index is -3.33. The van der Waals surface area contributed by atoms with Gasteiger partial charge in [-0.25, -0.2) is 8.42 Å². The summed E-state index contributed by atoms with van der Waals surface area (Å²) in [6.45, 7) is 3.89. The van der Waals surface area contributed by atoms with Crippen LogP contribution in [0.25, 0.3) is 0 Å². The number of sulfonamides is 1. The molecular weight excluding hydrogens is 312 g/mol. The van der Waals surface area contributed by atoms with E-state index in [2.05, 4.69) is 4.90 Å². The number of piperidine rings is 2. The first-order valence-corrected chi connectivity index (χ1v) is 9.99. The normalized spacial score (nSPS) is 22.3. The standard InChI is InChI=1S/C17H26N2O3S/c20-16-8-12-18(13-9-16)14-15-4-6-17(7-5-15)23(21,22)19-10-2-1-3-11-19/h4-7,16,20H,1-3,8-14H2. The average Bonchev–Trinajstić information content (AvgIpc) is 2.58. The quantitative estimate of drug-likeness (QED) is 0.910. The first-order valence-electron chi connectivity index (χ1n) is 8.55. The van der Waals surface area contributed by atoms with E-state index in [4.69, 9.17) is 0 Å². The van der Waals surface area contributed by atoms with E-state index < -0.39 is 10.0 Å². The second-order valence-corrected chi connectivity index (χ2v) is 8.55. The second kappa shape index (κ2) is 7.30. The van der Waals surface area contributed by atoms with Gasteiger partial charge in [-0.05, 0) is 43.4 Å². The predicted molar refractivity (Wildman–Crippen MR) is 89.6 cm³/mol. The van der Waals surface area contributed by atoms with Crippen molar-refractivity contribution in [1.82, 2.24) is 9.21 Å². The molecule has 2 heterocycles. The minimum Gasteiger partial charge on any atom is -0.393 e. The van der Waals surface area contributed by atoms with Gasteiger partial charge in [0.1, 0.15) is 0 Å². The average molecular weight is 338 g/mol. The van der Waals surface area contributed by atoms with Crippen LogP contribution >= 0.6 is 0 Å². The van der Waals surface area contributed by atoms with Crippen molar-refractivity contribution >= 4 is 10.0 Å². The van der Waals surface area contributed by atoms with E-state index in [1.165, 1.54) is 0 Å². The number of hydrogen-bond acceptors (Lipinski definition) is 4. The van der Waals surface area contributed by atoms with Crippen LogP contribution in [0.1, 0.15) is 37.7 Å². The van der Waals surface area contributed by atoms with Crippen LogP contribution in [0.15, 0.2) is 29.2 Å². The van der Waals surface area contributed by atoms with Crippen molar-refractivity contribution in [2.45, 2.75) is 49.6 Å². The van der Waals surface area contributed by atoms with Crippen LogP contribution in [0.2, 0.25) is 0 Å². The van der Waals surface area contributed by atoms with Gasteiger partial charge in [-0.3, -0.25) is 4.90 Å². The molecule has 128 valence electrons. The third-order valence-corrected chi connectivity index (χ3v) is 6.75. The lowest BCUT2D eigenvalue weighted by atomic mass is 10.1. The molecule has 0 atom stereocenters. The van der Waals surface area contributed by atoms with Crippen molar-refractivity contribution in [1.29, 1.82) is 0 Å². The molecule has 1 aromatic carbocycles. The Hall–Kier alpha value is -0.950.